The first-order chi connectivity index (χ1) is 24.2. The van der Waals surface area contributed by atoms with Gasteiger partial charge in [0.05, 0.1) is 0 Å². The van der Waals surface area contributed by atoms with Gasteiger partial charge in [0, 0.05) is 72.5 Å². The van der Waals surface area contributed by atoms with E-state index in [2.05, 4.69) is 99.9 Å². The Bertz CT molecular complexity index is 2720. The molecule has 50 heavy (non-hydrogen) atoms. The molecule has 0 saturated heterocycles. The zero-order chi connectivity index (χ0) is 32.5. The summed E-state index contributed by atoms with van der Waals surface area (Å²) < 4.78 is 14.9. The summed E-state index contributed by atoms with van der Waals surface area (Å²) in [6.07, 6.45) is 1.90. The van der Waals surface area contributed by atoms with Crippen molar-refractivity contribution in [2.45, 2.75) is 0 Å². The van der Waals surface area contributed by atoms with E-state index in [0.29, 0.717) is 11.5 Å². The third-order valence-electron chi connectivity index (χ3n) is 9.28. The quantitative estimate of drug-likeness (QED) is 0.162. The molecule has 0 atom stereocenters. The summed E-state index contributed by atoms with van der Waals surface area (Å²) in [6.45, 7) is 2.06. The average molecular weight is 827 g/mol. The van der Waals surface area contributed by atoms with Crippen LogP contribution in [0.2, 0.25) is 0 Å². The number of fused-ring (bicyclic) bond motifs is 7. The van der Waals surface area contributed by atoms with Crippen molar-refractivity contribution in [3.8, 4) is 28.4 Å². The van der Waals surface area contributed by atoms with Crippen LogP contribution in [0.5, 0.6) is 11.5 Å². The standard InChI is InChI=1S/C43H27N4O2.Pt/c1-45-27-46(39-16-7-6-15-38(39)45)30-12-9-13-31(23-30)48-32-19-20-33-35-22-29(28-10-3-2-4-11-28)18-21-37(35)47(40(33)24-32)43-25-42-36(26-44-43)34-14-5-8-17-41(34)49-42;/h2-22,25-27H,1H3;/q-3;. The van der Waals surface area contributed by atoms with Gasteiger partial charge in [-0.3, -0.25) is 0 Å². The predicted molar refractivity (Wildman–Crippen MR) is 197 cm³/mol. The molecule has 0 fully saturated rings. The number of ether oxygens (including phenoxy) is 1. The molecule has 0 bridgehead atoms. The molecule has 0 saturated carbocycles. The molecule has 3 aromatic heterocycles. The number of benzene rings is 6. The number of aromatic nitrogens is 2. The van der Waals surface area contributed by atoms with Crippen LogP contribution in [0.25, 0.3) is 60.7 Å². The molecule has 4 heterocycles. The number of anilines is 3. The Labute approximate surface area is 303 Å². The molecule has 1 aliphatic heterocycles. The monoisotopic (exact) mass is 826 g/mol. The summed E-state index contributed by atoms with van der Waals surface area (Å²) in [5.74, 6) is 1.93. The van der Waals surface area contributed by atoms with Crippen LogP contribution in [0.15, 0.2) is 144 Å². The van der Waals surface area contributed by atoms with E-state index in [-0.39, 0.29) is 21.1 Å². The summed E-state index contributed by atoms with van der Waals surface area (Å²) >= 11 is 0. The van der Waals surface area contributed by atoms with E-state index >= 15 is 0 Å². The number of nitrogens with zero attached hydrogens (tertiary/aromatic N) is 4. The SMILES string of the molecule is CN1[CH-]N(c2[c-]c(Oc3[c-]c4c(cc3)c3cc(-c5ccccc5)ccc3n4-c3cc4oc5ccccc5c4cn3)ccc2)c2ccccc21.[Pt]. The number of para-hydroxylation sites is 3. The summed E-state index contributed by atoms with van der Waals surface area (Å²) in [5, 5.41) is 4.19. The zero-order valence-corrected chi connectivity index (χ0v) is 29.1. The fraction of sp³-hybridized carbons (Fsp3) is 0.0233. The Morgan fingerprint density at radius 1 is 0.640 bits per heavy atom. The van der Waals surface area contributed by atoms with E-state index in [0.717, 1.165) is 77.8 Å². The maximum atomic E-state index is 6.47. The Kier molecular flexibility index (Phi) is 7.22. The summed E-state index contributed by atoms with van der Waals surface area (Å²) in [7, 11) is 2.05. The first-order valence-electron chi connectivity index (χ1n) is 16.2. The van der Waals surface area contributed by atoms with Crippen LogP contribution >= 0.6 is 0 Å². The smallest absolute Gasteiger partial charge is 0.140 e. The maximum absolute atomic E-state index is 6.47. The van der Waals surface area contributed by atoms with Gasteiger partial charge in [0.25, 0.3) is 0 Å². The number of furan rings is 1. The largest absolute Gasteiger partial charge is 0.509 e. The van der Waals surface area contributed by atoms with Crippen LogP contribution in [0.3, 0.4) is 0 Å². The van der Waals surface area contributed by atoms with Gasteiger partial charge in [-0.1, -0.05) is 78.3 Å². The van der Waals surface area contributed by atoms with Crippen molar-refractivity contribution in [3.63, 3.8) is 0 Å². The first-order valence-corrected chi connectivity index (χ1v) is 16.2. The van der Waals surface area contributed by atoms with Crippen molar-refractivity contribution in [2.24, 2.45) is 0 Å². The van der Waals surface area contributed by atoms with Gasteiger partial charge in [-0.2, -0.15) is 18.8 Å². The van der Waals surface area contributed by atoms with Gasteiger partial charge >= 0.3 is 0 Å². The van der Waals surface area contributed by atoms with Gasteiger partial charge in [-0.15, -0.1) is 41.4 Å². The molecule has 0 radical (unpaired) electrons. The molecule has 0 amide bonds. The Morgan fingerprint density at radius 3 is 2.34 bits per heavy atom. The number of rotatable bonds is 5. The van der Waals surface area contributed by atoms with E-state index in [1.54, 1.807) is 0 Å². The molecule has 7 heteroatoms. The first kappa shape index (κ1) is 30.2. The third-order valence-corrected chi connectivity index (χ3v) is 9.28. The Morgan fingerprint density at radius 2 is 1.44 bits per heavy atom. The topological polar surface area (TPSA) is 46.7 Å². The van der Waals surface area contributed by atoms with Gasteiger partial charge in [-0.05, 0) is 47.8 Å². The van der Waals surface area contributed by atoms with Crippen LogP contribution in [-0.4, -0.2) is 16.6 Å². The van der Waals surface area contributed by atoms with Gasteiger partial charge in [0.15, 0.2) is 0 Å². The molecule has 6 aromatic carbocycles. The van der Waals surface area contributed by atoms with Crippen LogP contribution in [0.4, 0.5) is 17.1 Å². The molecular formula is C43H27N4O2Pt-3. The molecular weight excluding hydrogens is 800 g/mol. The number of hydrogen-bond acceptors (Lipinski definition) is 5. The minimum Gasteiger partial charge on any atom is -0.509 e. The number of hydrogen-bond donors (Lipinski definition) is 0. The molecule has 244 valence electrons. The molecule has 0 spiro atoms. The van der Waals surface area contributed by atoms with Crippen LogP contribution in [0, 0.1) is 18.8 Å². The van der Waals surface area contributed by atoms with E-state index in [1.165, 1.54) is 0 Å². The van der Waals surface area contributed by atoms with Crippen LogP contribution < -0.4 is 14.5 Å². The zero-order valence-electron chi connectivity index (χ0n) is 26.8. The van der Waals surface area contributed by atoms with Crippen molar-refractivity contribution < 1.29 is 30.2 Å². The van der Waals surface area contributed by atoms with E-state index in [1.807, 2.05) is 80.0 Å². The molecule has 10 rings (SSSR count). The second-order valence-corrected chi connectivity index (χ2v) is 12.2. The van der Waals surface area contributed by atoms with E-state index < -0.39 is 0 Å². The van der Waals surface area contributed by atoms with Crippen molar-refractivity contribution in [2.75, 3.05) is 16.8 Å². The van der Waals surface area contributed by atoms with Gasteiger partial charge < -0.3 is 23.5 Å². The van der Waals surface area contributed by atoms with E-state index in [4.69, 9.17) is 14.1 Å². The Hall–Kier alpha value is -5.84. The fourth-order valence-electron chi connectivity index (χ4n) is 6.97. The second-order valence-electron chi connectivity index (χ2n) is 12.2. The van der Waals surface area contributed by atoms with Crippen molar-refractivity contribution in [3.05, 3.63) is 158 Å². The normalized spacial score (nSPS) is 12.6. The fourth-order valence-corrected chi connectivity index (χ4v) is 6.97. The second kappa shape index (κ2) is 11.9. The van der Waals surface area contributed by atoms with E-state index in [9.17, 15) is 0 Å². The summed E-state index contributed by atoms with van der Waals surface area (Å²) in [5.41, 5.74) is 8.94. The third kappa shape index (κ3) is 4.87. The Balaban J connectivity index is 0.00000336. The molecule has 9 aromatic rings. The summed E-state index contributed by atoms with van der Waals surface area (Å²) in [4.78, 5) is 9.20. The van der Waals surface area contributed by atoms with Crippen molar-refractivity contribution in [1.82, 2.24) is 9.55 Å². The number of pyridine rings is 1. The molecule has 1 aliphatic rings. The molecule has 0 N–H and O–H groups in total. The molecule has 0 aliphatic carbocycles. The van der Waals surface area contributed by atoms with Crippen molar-refractivity contribution >= 4 is 60.8 Å². The van der Waals surface area contributed by atoms with Gasteiger partial charge in [-0.25, -0.2) is 4.98 Å². The van der Waals surface area contributed by atoms with Gasteiger partial charge in [0.1, 0.15) is 17.0 Å². The molecule has 6 nitrogen and oxygen atoms in total. The maximum Gasteiger partial charge on any atom is 0.140 e. The average Bonchev–Trinajstić information content (AvgIpc) is 3.80. The van der Waals surface area contributed by atoms with Crippen LogP contribution in [0.1, 0.15) is 0 Å². The van der Waals surface area contributed by atoms with Crippen molar-refractivity contribution in [1.29, 1.82) is 0 Å². The minimum atomic E-state index is 0. The summed E-state index contributed by atoms with van der Waals surface area (Å²) in [6, 6.07) is 52.5. The van der Waals surface area contributed by atoms with Crippen LogP contribution in [-0.2, 0) is 21.1 Å². The van der Waals surface area contributed by atoms with Gasteiger partial charge in [0.2, 0.25) is 0 Å². The molecule has 0 unspecified atom stereocenters. The minimum absolute atomic E-state index is 0. The predicted octanol–water partition coefficient (Wildman–Crippen LogP) is 10.8.